The summed E-state index contributed by atoms with van der Waals surface area (Å²) in [5.41, 5.74) is 4.39. The molecule has 0 saturated carbocycles. The molecule has 0 heterocycles. The van der Waals surface area contributed by atoms with E-state index in [4.69, 9.17) is 0 Å². The van der Waals surface area contributed by atoms with Gasteiger partial charge in [0.25, 0.3) is 0 Å². The summed E-state index contributed by atoms with van der Waals surface area (Å²) in [6.45, 7) is 2.25. The summed E-state index contributed by atoms with van der Waals surface area (Å²) in [5, 5.41) is 3.78. The van der Waals surface area contributed by atoms with Gasteiger partial charge in [0.15, 0.2) is 0 Å². The Hall–Kier alpha value is -1.12. The molecular weight excluding hydrogens is 310 g/mol. The smallest absolute Gasteiger partial charge is 0.0294 e. The Bertz CT molecular complexity index is 593. The summed E-state index contributed by atoms with van der Waals surface area (Å²) in [6, 6.07) is 18.4. The van der Waals surface area contributed by atoms with Gasteiger partial charge >= 0.3 is 0 Å². The van der Waals surface area contributed by atoms with Crippen LogP contribution in [0.1, 0.15) is 36.1 Å². The number of fused-ring (bicyclic) bond motifs is 1. The minimum Gasteiger partial charge on any atom is -0.307 e. The number of nitrogens with one attached hydrogen (secondary N) is 1. The second-order valence-corrected chi connectivity index (χ2v) is 6.57. The van der Waals surface area contributed by atoms with Gasteiger partial charge in [-0.05, 0) is 55.0 Å². The highest BCUT2D eigenvalue weighted by Gasteiger charge is 2.19. The van der Waals surface area contributed by atoms with Crippen molar-refractivity contribution in [2.75, 3.05) is 0 Å². The van der Waals surface area contributed by atoms with Crippen LogP contribution in [0.15, 0.2) is 53.0 Å². The molecule has 0 aromatic heterocycles. The zero-order valence-corrected chi connectivity index (χ0v) is 13.4. The fourth-order valence-corrected chi connectivity index (χ4v) is 3.48. The molecular formula is C18H20BrN. The van der Waals surface area contributed by atoms with Gasteiger partial charge in [0.2, 0.25) is 0 Å². The van der Waals surface area contributed by atoms with Crippen molar-refractivity contribution in [3.63, 3.8) is 0 Å². The van der Waals surface area contributed by atoms with E-state index in [9.17, 15) is 0 Å². The minimum absolute atomic E-state index is 0.391. The molecule has 2 heteroatoms. The number of halogens is 1. The lowest BCUT2D eigenvalue weighted by Crippen LogP contribution is -2.36. The van der Waals surface area contributed by atoms with Crippen molar-refractivity contribution in [2.24, 2.45) is 0 Å². The summed E-state index contributed by atoms with van der Waals surface area (Å²) in [4.78, 5) is 0. The Morgan fingerprint density at radius 2 is 1.90 bits per heavy atom. The molecule has 1 unspecified atom stereocenters. The molecule has 2 atom stereocenters. The molecule has 0 bridgehead atoms. The first-order valence-electron chi connectivity index (χ1n) is 7.30. The first kappa shape index (κ1) is 13.8. The molecule has 3 rings (SSSR count). The van der Waals surface area contributed by atoms with Gasteiger partial charge in [0, 0.05) is 16.6 Å². The third kappa shape index (κ3) is 3.13. The van der Waals surface area contributed by atoms with Crippen molar-refractivity contribution in [3.05, 3.63) is 69.7 Å². The fraction of sp³-hybridized carbons (Fsp3) is 0.333. The number of benzene rings is 2. The van der Waals surface area contributed by atoms with Crippen molar-refractivity contribution < 1.29 is 0 Å². The Morgan fingerprint density at radius 1 is 1.10 bits per heavy atom. The first-order chi connectivity index (χ1) is 9.72. The maximum absolute atomic E-state index is 3.78. The van der Waals surface area contributed by atoms with E-state index >= 15 is 0 Å². The Labute approximate surface area is 129 Å². The van der Waals surface area contributed by atoms with Crippen LogP contribution < -0.4 is 5.32 Å². The molecule has 1 aliphatic rings. The largest absolute Gasteiger partial charge is 0.307 e. The highest BCUT2D eigenvalue weighted by atomic mass is 79.9. The van der Waals surface area contributed by atoms with Crippen molar-refractivity contribution in [2.45, 2.75) is 38.3 Å². The lowest BCUT2D eigenvalue weighted by atomic mass is 9.88. The highest BCUT2D eigenvalue weighted by Crippen LogP contribution is 2.24. The maximum Gasteiger partial charge on any atom is 0.0294 e. The molecule has 104 valence electrons. The van der Waals surface area contributed by atoms with Gasteiger partial charge in [0.1, 0.15) is 0 Å². The van der Waals surface area contributed by atoms with Crippen molar-refractivity contribution in [1.29, 1.82) is 0 Å². The van der Waals surface area contributed by atoms with E-state index in [1.807, 2.05) is 0 Å². The van der Waals surface area contributed by atoms with E-state index in [0.717, 1.165) is 10.9 Å². The summed E-state index contributed by atoms with van der Waals surface area (Å²) in [6.07, 6.45) is 3.57. The summed E-state index contributed by atoms with van der Waals surface area (Å²) in [7, 11) is 0. The number of hydrogen-bond acceptors (Lipinski definition) is 1. The van der Waals surface area contributed by atoms with Gasteiger partial charge in [-0.1, -0.05) is 52.3 Å². The quantitative estimate of drug-likeness (QED) is 0.863. The molecule has 0 spiro atoms. The molecule has 0 radical (unpaired) electrons. The minimum atomic E-state index is 0.391. The van der Waals surface area contributed by atoms with Crippen LogP contribution in [0.25, 0.3) is 0 Å². The van der Waals surface area contributed by atoms with Crippen LogP contribution in [0.5, 0.6) is 0 Å². The normalized spacial score (nSPS) is 19.4. The third-order valence-corrected chi connectivity index (χ3v) is 4.67. The maximum atomic E-state index is 3.78. The van der Waals surface area contributed by atoms with Crippen LogP contribution in [-0.2, 0) is 12.8 Å². The monoisotopic (exact) mass is 329 g/mol. The highest BCUT2D eigenvalue weighted by molar-refractivity contribution is 9.10. The molecule has 1 N–H and O–H groups in total. The summed E-state index contributed by atoms with van der Waals surface area (Å²) in [5.74, 6) is 0. The van der Waals surface area contributed by atoms with Gasteiger partial charge in [0.05, 0.1) is 0 Å². The average molecular weight is 330 g/mol. The summed E-state index contributed by atoms with van der Waals surface area (Å²) >= 11 is 3.55. The van der Waals surface area contributed by atoms with Crippen LogP contribution in [0.2, 0.25) is 0 Å². The van der Waals surface area contributed by atoms with Gasteiger partial charge < -0.3 is 5.32 Å². The molecule has 0 saturated heterocycles. The third-order valence-electron chi connectivity index (χ3n) is 4.18. The molecule has 0 fully saturated rings. The predicted octanol–water partition coefficient (Wildman–Crippen LogP) is 4.66. The van der Waals surface area contributed by atoms with E-state index < -0.39 is 0 Å². The molecule has 2 aromatic carbocycles. The van der Waals surface area contributed by atoms with Gasteiger partial charge in [-0.3, -0.25) is 0 Å². The standard InChI is InChI=1S/C18H20BrN/c1-13(15-7-4-8-17(19)11-15)20-18-10-9-14-5-2-3-6-16(14)12-18/h2-8,11,13,18,20H,9-10,12H2,1H3/t13-,18?/m1/s1. The van der Waals surface area contributed by atoms with Crippen molar-refractivity contribution in [3.8, 4) is 0 Å². The lowest BCUT2D eigenvalue weighted by molar-refractivity contribution is 0.413. The molecule has 0 aliphatic heterocycles. The van der Waals surface area contributed by atoms with Gasteiger partial charge in [-0.15, -0.1) is 0 Å². The topological polar surface area (TPSA) is 12.0 Å². The average Bonchev–Trinajstić information content (AvgIpc) is 2.47. The fourth-order valence-electron chi connectivity index (χ4n) is 3.07. The van der Waals surface area contributed by atoms with E-state index in [1.165, 1.54) is 29.5 Å². The second-order valence-electron chi connectivity index (χ2n) is 5.65. The number of rotatable bonds is 3. The predicted molar refractivity (Wildman–Crippen MR) is 87.9 cm³/mol. The molecule has 2 aromatic rings. The first-order valence-corrected chi connectivity index (χ1v) is 8.10. The van der Waals surface area contributed by atoms with Crippen LogP contribution >= 0.6 is 15.9 Å². The molecule has 1 aliphatic carbocycles. The Morgan fingerprint density at radius 3 is 2.70 bits per heavy atom. The number of hydrogen-bond donors (Lipinski definition) is 1. The lowest BCUT2D eigenvalue weighted by Gasteiger charge is -2.28. The van der Waals surface area contributed by atoms with E-state index in [0.29, 0.717) is 12.1 Å². The van der Waals surface area contributed by atoms with Gasteiger partial charge in [-0.2, -0.15) is 0 Å². The van der Waals surface area contributed by atoms with Gasteiger partial charge in [-0.25, -0.2) is 0 Å². The van der Waals surface area contributed by atoms with E-state index in [1.54, 1.807) is 0 Å². The Balaban J connectivity index is 1.67. The summed E-state index contributed by atoms with van der Waals surface area (Å²) < 4.78 is 1.15. The SMILES string of the molecule is C[C@@H](NC1CCc2ccccc2C1)c1cccc(Br)c1. The zero-order chi connectivity index (χ0) is 13.9. The van der Waals surface area contributed by atoms with Crippen LogP contribution in [-0.4, -0.2) is 6.04 Å². The van der Waals surface area contributed by atoms with Crippen LogP contribution in [0, 0.1) is 0 Å². The van der Waals surface area contributed by atoms with Crippen molar-refractivity contribution >= 4 is 15.9 Å². The number of aryl methyl sites for hydroxylation is 1. The van der Waals surface area contributed by atoms with Crippen LogP contribution in [0.4, 0.5) is 0 Å². The van der Waals surface area contributed by atoms with Crippen molar-refractivity contribution in [1.82, 2.24) is 5.32 Å². The van der Waals surface area contributed by atoms with E-state index in [2.05, 4.69) is 76.7 Å². The van der Waals surface area contributed by atoms with E-state index in [-0.39, 0.29) is 0 Å². The molecule has 1 nitrogen and oxygen atoms in total. The second kappa shape index (κ2) is 6.11. The zero-order valence-electron chi connectivity index (χ0n) is 11.8. The molecule has 0 amide bonds. The Kier molecular flexibility index (Phi) is 4.23. The van der Waals surface area contributed by atoms with Crippen LogP contribution in [0.3, 0.4) is 0 Å². The molecule has 20 heavy (non-hydrogen) atoms.